The third kappa shape index (κ3) is 20.0. The van der Waals surface area contributed by atoms with Gasteiger partial charge in [0.2, 0.25) is 17.7 Å². The van der Waals surface area contributed by atoms with Crippen molar-refractivity contribution in [2.45, 2.75) is 225 Å². The van der Waals surface area contributed by atoms with Crippen molar-refractivity contribution >= 4 is 134 Å². The summed E-state index contributed by atoms with van der Waals surface area (Å²) in [7, 11) is -11.1. The molecule has 0 amide bonds. The summed E-state index contributed by atoms with van der Waals surface area (Å²) >= 11 is 20.5. The number of thioether (sulfide) groups is 1. The third-order valence-electron chi connectivity index (χ3n) is 17.9. The fourth-order valence-electron chi connectivity index (χ4n) is 11.5. The summed E-state index contributed by atoms with van der Waals surface area (Å²) in [5.41, 5.74) is 3.08. The van der Waals surface area contributed by atoms with Gasteiger partial charge in [0, 0.05) is 28.1 Å². The molecule has 2 N–H and O–H groups in total. The van der Waals surface area contributed by atoms with Crippen molar-refractivity contribution in [2.75, 3.05) is 33.0 Å². The zero-order valence-corrected chi connectivity index (χ0v) is 66.0. The number of oxazole rings is 3. The standard InChI is InChI=1S/C18H22ClNO5S.C18H22ClNO3S.C16H20ClNO4S.C14H18O5S.C7H12O3/c1-5-24-16(21)10-8-11(9-10)26(22,23)15-12(19)6-7-13-14(15)25-17(20-13)18(2,3)4;1-5-22-16(21)10-8-11(9-10)24-15-12(19)6-7-13-14(15)23-17(20-13)18(2,3)4;1-16(2,3)15-18-12-5-4-11(17)14(13(12)22-15)23(20,21)10-6-9(7-10)8-19;1-3-18-14(15)11-8-12(9-11)19-20(16,17)13-6-4-10(2)5-7-13;1-2-10-7(9)5-3-6(8)4-5/h6-7,10-11H,5,8-9H2,1-4H3;6-7,10-11H,5,8-9H2,1-4H3;4-5,9-10,19H,6-8H2,1-3H3;4-7,11-12H,3,8-9H2,1-2H3;5-6,8H,2-4H2,1H3. The largest absolute Gasteiger partial charge is 0.466 e. The molecular weight excluding hydrogens is 1470 g/mol. The molecule has 0 saturated heterocycles. The average molecular weight is 1570 g/mol. The van der Waals surface area contributed by atoms with Crippen LogP contribution in [0.3, 0.4) is 0 Å². The van der Waals surface area contributed by atoms with Gasteiger partial charge in [0.25, 0.3) is 10.1 Å². The van der Waals surface area contributed by atoms with Crippen molar-refractivity contribution < 1.29 is 91.0 Å². The summed E-state index contributed by atoms with van der Waals surface area (Å²) in [6.45, 7) is 28.3. The highest BCUT2D eigenvalue weighted by molar-refractivity contribution is 8.00. The third-order valence-corrected chi connectivity index (χ3v) is 26.4. The molecule has 566 valence electrons. The van der Waals surface area contributed by atoms with Crippen LogP contribution in [0.2, 0.25) is 15.1 Å². The van der Waals surface area contributed by atoms with E-state index >= 15 is 0 Å². The van der Waals surface area contributed by atoms with E-state index in [1.165, 1.54) is 18.2 Å². The minimum absolute atomic E-state index is 0.0142. The number of sulfone groups is 2. The lowest BCUT2D eigenvalue weighted by atomic mass is 9.83. The highest BCUT2D eigenvalue weighted by atomic mass is 35.5. The number of aliphatic hydroxyl groups excluding tert-OH is 2. The van der Waals surface area contributed by atoms with Gasteiger partial charge in [-0.15, -0.1) is 11.8 Å². The van der Waals surface area contributed by atoms with Gasteiger partial charge in [-0.1, -0.05) is 115 Å². The number of nitrogens with zero attached hydrogens (tertiary/aromatic N) is 3. The lowest BCUT2D eigenvalue weighted by molar-refractivity contribution is -0.155. The van der Waals surface area contributed by atoms with Crippen LogP contribution in [-0.4, -0.2) is 135 Å². The molecule has 103 heavy (non-hydrogen) atoms. The van der Waals surface area contributed by atoms with Crippen LogP contribution in [0.4, 0.5) is 0 Å². The van der Waals surface area contributed by atoms with Crippen LogP contribution >= 0.6 is 46.6 Å². The fourth-order valence-corrected chi connectivity index (χ4v) is 19.4. The first-order valence-electron chi connectivity index (χ1n) is 34.5. The van der Waals surface area contributed by atoms with Crippen molar-refractivity contribution in [3.05, 3.63) is 99.0 Å². The number of aliphatic hydroxyl groups is 2. The smallest absolute Gasteiger partial charge is 0.309 e. The lowest BCUT2D eigenvalue weighted by Crippen LogP contribution is -2.40. The van der Waals surface area contributed by atoms with E-state index in [1.807, 2.05) is 67.5 Å². The summed E-state index contributed by atoms with van der Waals surface area (Å²) in [6.07, 6.45) is 4.24. The van der Waals surface area contributed by atoms with Crippen molar-refractivity contribution in [3.8, 4) is 0 Å². The summed E-state index contributed by atoms with van der Waals surface area (Å²) in [6, 6.07) is 16.6. The molecule has 0 atom stereocenters. The maximum atomic E-state index is 13.1. The zero-order chi connectivity index (χ0) is 76.1. The first kappa shape index (κ1) is 82.8. The normalized spacial score (nSPS) is 22.4. The number of aromatic nitrogens is 3. The predicted molar refractivity (Wildman–Crippen MR) is 391 cm³/mol. The molecule has 30 heteroatoms. The SMILES string of the molecule is CC(C)(C)c1nc2ccc(Cl)c(S(=O)(=O)C3CC(CO)C3)c2o1.CCOC(=O)C1CC(O)C1.CCOC(=O)C1CC(OS(=O)(=O)c2ccc(C)cc2)C1.CCOC(=O)C1CC(S(=O)(=O)c2c(Cl)ccc3nc(C(C)(C)C)oc23)C1.CCOC(=O)C1CC(Sc2c(Cl)ccc3nc(C(C)(C)C)oc23)C1. The molecule has 0 aliphatic heterocycles. The number of carbonyl (C=O) groups excluding carboxylic acids is 4. The summed E-state index contributed by atoms with van der Waals surface area (Å²) in [5.74, 6) is 0.166. The van der Waals surface area contributed by atoms with Gasteiger partial charge in [-0.25, -0.2) is 31.8 Å². The van der Waals surface area contributed by atoms with Crippen molar-refractivity contribution in [3.63, 3.8) is 0 Å². The number of hydrogen-bond acceptors (Lipinski definition) is 24. The van der Waals surface area contributed by atoms with E-state index in [0.717, 1.165) is 34.4 Å². The first-order valence-corrected chi connectivity index (χ1v) is 41.0. The minimum Gasteiger partial charge on any atom is -0.466 e. The number of aryl methyl sites for hydroxylation is 1. The number of rotatable bonds is 18. The first-order chi connectivity index (χ1) is 48.1. The Balaban J connectivity index is 0.000000167. The highest BCUT2D eigenvalue weighted by Gasteiger charge is 2.47. The Morgan fingerprint density at radius 2 is 0.845 bits per heavy atom. The molecule has 4 aromatic carbocycles. The van der Waals surface area contributed by atoms with Gasteiger partial charge < -0.3 is 42.4 Å². The molecule has 5 aliphatic rings. The van der Waals surface area contributed by atoms with E-state index < -0.39 is 46.4 Å². The van der Waals surface area contributed by atoms with Crippen molar-refractivity contribution in [1.29, 1.82) is 0 Å². The Kier molecular flexibility index (Phi) is 27.3. The van der Waals surface area contributed by atoms with Crippen LogP contribution in [0, 0.1) is 36.5 Å². The van der Waals surface area contributed by atoms with Crippen LogP contribution < -0.4 is 0 Å². The Morgan fingerprint density at radius 3 is 1.22 bits per heavy atom. The van der Waals surface area contributed by atoms with E-state index in [2.05, 4.69) is 35.7 Å². The summed E-state index contributed by atoms with van der Waals surface area (Å²) in [4.78, 5) is 60.2. The maximum absolute atomic E-state index is 13.1. The van der Waals surface area contributed by atoms with Crippen LogP contribution in [0.15, 0.2) is 93.5 Å². The molecule has 7 aromatic rings. The van der Waals surface area contributed by atoms with Gasteiger partial charge in [0.1, 0.15) is 26.3 Å². The topological polar surface area (TPSA) is 335 Å². The second kappa shape index (κ2) is 33.9. The number of halogens is 3. The molecular formula is C73H94Cl3N3O20S4. The Bertz CT molecular complexity index is 4510. The molecule has 12 rings (SSSR count). The van der Waals surface area contributed by atoms with Crippen molar-refractivity contribution in [1.82, 2.24) is 15.0 Å². The van der Waals surface area contributed by atoms with E-state index in [-0.39, 0.29) is 138 Å². The van der Waals surface area contributed by atoms with Crippen LogP contribution in [-0.2, 0) is 88.3 Å². The van der Waals surface area contributed by atoms with Crippen LogP contribution in [0.1, 0.15) is 177 Å². The van der Waals surface area contributed by atoms with Crippen LogP contribution in [0.5, 0.6) is 0 Å². The molecule has 5 saturated carbocycles. The summed E-state index contributed by atoms with van der Waals surface area (Å²) < 4.78 is 118. The quantitative estimate of drug-likeness (QED) is 0.0458. The molecule has 0 bridgehead atoms. The van der Waals surface area contributed by atoms with Gasteiger partial charge >= 0.3 is 23.9 Å². The molecule has 5 aliphatic carbocycles. The van der Waals surface area contributed by atoms with Crippen molar-refractivity contribution in [2.24, 2.45) is 29.6 Å². The number of fused-ring (bicyclic) bond motifs is 3. The number of esters is 4. The van der Waals surface area contributed by atoms with E-state index in [4.69, 9.17) is 81.4 Å². The highest BCUT2D eigenvalue weighted by Crippen LogP contribution is 2.48. The molecule has 0 radical (unpaired) electrons. The van der Waals surface area contributed by atoms with Gasteiger partial charge in [-0.2, -0.15) is 8.42 Å². The zero-order valence-electron chi connectivity index (χ0n) is 60.5. The van der Waals surface area contributed by atoms with E-state index in [0.29, 0.717) is 97.3 Å². The molecule has 5 fully saturated rings. The second-order valence-corrected chi connectivity index (χ2v) is 37.8. The van der Waals surface area contributed by atoms with Crippen LogP contribution in [0.25, 0.3) is 33.3 Å². The van der Waals surface area contributed by atoms with E-state index in [9.17, 15) is 44.4 Å². The van der Waals surface area contributed by atoms with Gasteiger partial charge in [0.15, 0.2) is 36.4 Å². The Hall–Kier alpha value is -5.88. The Labute approximate surface area is 621 Å². The number of carbonyl (C=O) groups is 4. The molecule has 23 nitrogen and oxygen atoms in total. The maximum Gasteiger partial charge on any atom is 0.309 e. The monoisotopic (exact) mass is 1570 g/mol. The average Bonchev–Trinajstić information content (AvgIpc) is 1.73. The van der Waals surface area contributed by atoms with Gasteiger partial charge in [-0.05, 0) is 153 Å². The fraction of sp³-hybridized carbons (Fsp3) is 0.575. The second-order valence-electron chi connectivity index (χ2n) is 29.4. The minimum atomic E-state index is -3.75. The summed E-state index contributed by atoms with van der Waals surface area (Å²) in [5, 5.41) is 18.0. The van der Waals surface area contributed by atoms with Gasteiger partial charge in [-0.3, -0.25) is 23.4 Å². The molecule has 3 heterocycles. The number of ether oxygens (including phenoxy) is 4. The predicted octanol–water partition coefficient (Wildman–Crippen LogP) is 14.8. The molecule has 0 spiro atoms. The lowest BCUT2D eigenvalue weighted by Gasteiger charge is -2.33. The van der Waals surface area contributed by atoms with E-state index in [1.54, 1.807) is 62.9 Å². The number of hydrogen-bond donors (Lipinski definition) is 2. The molecule has 0 unspecified atom stereocenters. The number of benzene rings is 4. The van der Waals surface area contributed by atoms with Gasteiger partial charge in [0.05, 0.1) is 97.7 Å². The molecule has 3 aromatic heterocycles. The Morgan fingerprint density at radius 1 is 0.495 bits per heavy atom.